The maximum atomic E-state index is 12.8. The zero-order valence-electron chi connectivity index (χ0n) is 15.4. The molecule has 3 aromatic rings. The van der Waals surface area contributed by atoms with Crippen LogP contribution in [0.1, 0.15) is 29.2 Å². The van der Waals surface area contributed by atoms with E-state index in [9.17, 15) is 26.4 Å². The van der Waals surface area contributed by atoms with Gasteiger partial charge in [-0.2, -0.15) is 18.3 Å². The lowest BCUT2D eigenvalue weighted by molar-refractivity contribution is -0.141. The van der Waals surface area contributed by atoms with Crippen molar-refractivity contribution in [3.8, 4) is 10.6 Å². The molecule has 0 saturated carbocycles. The summed E-state index contributed by atoms with van der Waals surface area (Å²) in [6.45, 7) is 3.10. The van der Waals surface area contributed by atoms with E-state index in [1.165, 1.54) is 29.9 Å². The fraction of sp³-hybridized carbons (Fsp3) is 0.294. The minimum Gasteiger partial charge on any atom is -0.319 e. The maximum Gasteiger partial charge on any atom is 0.435 e. The number of thiophene rings is 2. The first kappa shape index (κ1) is 21.5. The van der Waals surface area contributed by atoms with Gasteiger partial charge in [-0.1, -0.05) is 0 Å². The number of amides is 1. The second-order valence-electron chi connectivity index (χ2n) is 6.40. The zero-order valence-corrected chi connectivity index (χ0v) is 17.9. The molecule has 12 heteroatoms. The van der Waals surface area contributed by atoms with Crippen molar-refractivity contribution in [3.05, 3.63) is 39.5 Å². The molecule has 0 aliphatic rings. The Morgan fingerprint density at radius 2 is 1.93 bits per heavy atom. The number of nitrogens with one attached hydrogen (secondary N) is 1. The summed E-state index contributed by atoms with van der Waals surface area (Å²) in [5.41, 5.74) is -0.611. The molecule has 3 rings (SSSR count). The number of carbonyl (C=O) groups excluding carboxylic acids is 1. The number of hydrogen-bond donors (Lipinski definition) is 1. The first-order chi connectivity index (χ1) is 13.4. The zero-order chi connectivity index (χ0) is 21.6. The highest BCUT2D eigenvalue weighted by atomic mass is 32.2. The van der Waals surface area contributed by atoms with Gasteiger partial charge in [-0.05, 0) is 32.0 Å². The number of hydrogen-bond acceptors (Lipinski definition) is 6. The summed E-state index contributed by atoms with van der Waals surface area (Å²) in [5.74, 6) is -0.543. The van der Waals surface area contributed by atoms with Crippen LogP contribution >= 0.6 is 22.7 Å². The molecule has 3 aromatic heterocycles. The fourth-order valence-electron chi connectivity index (χ4n) is 2.47. The van der Waals surface area contributed by atoms with Crippen LogP contribution in [0.25, 0.3) is 10.6 Å². The monoisotopic (exact) mass is 463 g/mol. The summed E-state index contributed by atoms with van der Waals surface area (Å²) < 4.78 is 64.4. The minimum atomic E-state index is -4.56. The highest BCUT2D eigenvalue weighted by Gasteiger charge is 2.35. The molecule has 0 fully saturated rings. The second-order valence-corrected chi connectivity index (χ2v) is 10.7. The SMILES string of the molecule is CC(C)S(=O)(=O)c1cscc1NC(=O)c1ccc(-c2cc(C(F)(F)F)nn2C)s1. The van der Waals surface area contributed by atoms with Crippen molar-refractivity contribution in [2.24, 2.45) is 7.05 Å². The number of nitrogens with zero attached hydrogens (tertiary/aromatic N) is 2. The van der Waals surface area contributed by atoms with E-state index >= 15 is 0 Å². The lowest BCUT2D eigenvalue weighted by Crippen LogP contribution is -2.17. The van der Waals surface area contributed by atoms with Crippen LogP contribution in [0.5, 0.6) is 0 Å². The van der Waals surface area contributed by atoms with E-state index in [2.05, 4.69) is 10.4 Å². The number of aryl methyl sites for hydroxylation is 1. The van der Waals surface area contributed by atoms with E-state index in [0.29, 0.717) is 4.88 Å². The molecule has 3 heterocycles. The van der Waals surface area contributed by atoms with Gasteiger partial charge in [0.2, 0.25) is 0 Å². The van der Waals surface area contributed by atoms with E-state index in [1.54, 1.807) is 13.8 Å². The lowest BCUT2D eigenvalue weighted by Gasteiger charge is -2.09. The Bertz CT molecular complexity index is 1160. The quantitative estimate of drug-likeness (QED) is 0.597. The van der Waals surface area contributed by atoms with E-state index in [4.69, 9.17) is 0 Å². The molecular weight excluding hydrogens is 447 g/mol. The van der Waals surface area contributed by atoms with Crippen molar-refractivity contribution < 1.29 is 26.4 Å². The average Bonchev–Trinajstić information content (AvgIpc) is 3.32. The average molecular weight is 464 g/mol. The van der Waals surface area contributed by atoms with Gasteiger partial charge in [0.15, 0.2) is 15.5 Å². The van der Waals surface area contributed by atoms with Crippen LogP contribution in [-0.4, -0.2) is 29.4 Å². The molecule has 0 atom stereocenters. The van der Waals surface area contributed by atoms with Gasteiger partial charge in [-0.25, -0.2) is 8.42 Å². The molecule has 0 unspecified atom stereocenters. The summed E-state index contributed by atoms with van der Waals surface area (Å²) in [4.78, 5) is 13.3. The van der Waals surface area contributed by atoms with Crippen LogP contribution in [-0.2, 0) is 23.1 Å². The third-order valence-electron chi connectivity index (χ3n) is 4.05. The molecule has 0 aromatic carbocycles. The van der Waals surface area contributed by atoms with Crippen LogP contribution in [0.4, 0.5) is 18.9 Å². The fourth-order valence-corrected chi connectivity index (χ4v) is 5.76. The summed E-state index contributed by atoms with van der Waals surface area (Å²) in [7, 11) is -2.18. The van der Waals surface area contributed by atoms with E-state index < -0.39 is 32.9 Å². The minimum absolute atomic E-state index is 0.0454. The summed E-state index contributed by atoms with van der Waals surface area (Å²) in [5, 5.41) is 8.38. The highest BCUT2D eigenvalue weighted by Crippen LogP contribution is 2.35. The van der Waals surface area contributed by atoms with Crippen molar-refractivity contribution in [2.75, 3.05) is 5.32 Å². The molecule has 0 saturated heterocycles. The van der Waals surface area contributed by atoms with Crippen LogP contribution in [0.2, 0.25) is 0 Å². The van der Waals surface area contributed by atoms with Crippen LogP contribution in [0.3, 0.4) is 0 Å². The number of alkyl halides is 3. The standard InChI is InChI=1S/C17H16F3N3O3S3/c1-9(2)29(25,26)14-8-27-7-10(14)21-16(24)13-5-4-12(28-13)11-6-15(17(18,19)20)22-23(11)3/h4-9H,1-3H3,(H,21,24). The van der Waals surface area contributed by atoms with Crippen molar-refractivity contribution >= 4 is 44.1 Å². The van der Waals surface area contributed by atoms with Gasteiger partial charge < -0.3 is 5.32 Å². The molecule has 6 nitrogen and oxygen atoms in total. The first-order valence-corrected chi connectivity index (χ1v) is 11.5. The molecule has 1 amide bonds. The predicted octanol–water partition coefficient (Wildman–Crippen LogP) is 4.66. The van der Waals surface area contributed by atoms with E-state index in [0.717, 1.165) is 33.4 Å². The molecular formula is C17H16F3N3O3S3. The van der Waals surface area contributed by atoms with Crippen LogP contribution < -0.4 is 5.32 Å². The van der Waals surface area contributed by atoms with Gasteiger partial charge in [0.05, 0.1) is 26.4 Å². The first-order valence-electron chi connectivity index (χ1n) is 8.24. The smallest absolute Gasteiger partial charge is 0.319 e. The number of sulfone groups is 1. The van der Waals surface area contributed by atoms with Gasteiger partial charge in [0.1, 0.15) is 4.90 Å². The third-order valence-corrected chi connectivity index (χ3v) is 8.25. The Labute approximate surface area is 172 Å². The lowest BCUT2D eigenvalue weighted by atomic mass is 10.3. The van der Waals surface area contributed by atoms with Crippen molar-refractivity contribution in [1.82, 2.24) is 9.78 Å². The Balaban J connectivity index is 1.85. The number of anilines is 1. The number of aromatic nitrogens is 2. The van der Waals surface area contributed by atoms with Crippen LogP contribution in [0.15, 0.2) is 33.9 Å². The maximum absolute atomic E-state index is 12.8. The summed E-state index contributed by atoms with van der Waals surface area (Å²) in [6.07, 6.45) is -4.56. The molecule has 0 spiro atoms. The molecule has 0 bridgehead atoms. The molecule has 29 heavy (non-hydrogen) atoms. The van der Waals surface area contributed by atoms with Gasteiger partial charge >= 0.3 is 6.18 Å². The third kappa shape index (κ3) is 4.23. The molecule has 0 aliphatic heterocycles. The summed E-state index contributed by atoms with van der Waals surface area (Å²) >= 11 is 2.14. The number of halogens is 3. The summed E-state index contributed by atoms with van der Waals surface area (Å²) in [6, 6.07) is 3.91. The molecule has 0 aliphatic carbocycles. The topological polar surface area (TPSA) is 81.1 Å². The van der Waals surface area contributed by atoms with Crippen molar-refractivity contribution in [2.45, 2.75) is 30.2 Å². The Hall–Kier alpha value is -2.18. The largest absolute Gasteiger partial charge is 0.435 e. The molecule has 156 valence electrons. The molecule has 0 radical (unpaired) electrons. The number of rotatable bonds is 5. The number of carbonyl (C=O) groups is 1. The highest BCUT2D eigenvalue weighted by molar-refractivity contribution is 7.92. The van der Waals surface area contributed by atoms with Crippen LogP contribution in [0, 0.1) is 0 Å². The van der Waals surface area contributed by atoms with Gasteiger partial charge in [0, 0.05) is 17.8 Å². The van der Waals surface area contributed by atoms with E-state index in [-0.39, 0.29) is 21.2 Å². The predicted molar refractivity (Wildman–Crippen MR) is 106 cm³/mol. The van der Waals surface area contributed by atoms with E-state index in [1.807, 2.05) is 0 Å². The Morgan fingerprint density at radius 1 is 1.24 bits per heavy atom. The Kier molecular flexibility index (Phi) is 5.62. The Morgan fingerprint density at radius 3 is 2.52 bits per heavy atom. The second kappa shape index (κ2) is 7.58. The van der Waals surface area contributed by atoms with Crippen molar-refractivity contribution in [1.29, 1.82) is 0 Å². The normalized spacial score (nSPS) is 12.5. The van der Waals surface area contributed by atoms with Crippen molar-refractivity contribution in [3.63, 3.8) is 0 Å². The van der Waals surface area contributed by atoms with Gasteiger partial charge in [0.25, 0.3) is 5.91 Å². The molecule has 1 N–H and O–H groups in total. The van der Waals surface area contributed by atoms with Gasteiger partial charge in [-0.3, -0.25) is 9.48 Å². The van der Waals surface area contributed by atoms with Gasteiger partial charge in [-0.15, -0.1) is 22.7 Å².